The molecular formula is C22H20NO3P. The molecule has 1 aliphatic rings. The molecule has 0 spiro atoms. The van der Waals surface area contributed by atoms with E-state index in [9.17, 15) is 9.90 Å². The lowest BCUT2D eigenvalue weighted by Crippen LogP contribution is -2.32. The largest absolute Gasteiger partial charge is 0.870 e. The van der Waals surface area contributed by atoms with Gasteiger partial charge in [-0.25, -0.2) is 0 Å². The van der Waals surface area contributed by atoms with Crippen molar-refractivity contribution in [2.75, 3.05) is 0 Å². The molecule has 4 rings (SSSR count). The molecule has 0 aromatic heterocycles. The number of benzene rings is 3. The van der Waals surface area contributed by atoms with Crippen molar-refractivity contribution in [1.82, 2.24) is 5.32 Å². The summed E-state index contributed by atoms with van der Waals surface area (Å²) in [5, 5.41) is 17.4. The SMILES string of the molecule is O=C1CC([P+](c2ccccc2)(c2ccccc2)c2ccccc2)=C(O)N1.[OH-]. The number of carbonyl (C=O) groups is 1. The van der Waals surface area contributed by atoms with E-state index in [0.717, 1.165) is 21.2 Å². The van der Waals surface area contributed by atoms with Gasteiger partial charge in [0, 0.05) is 0 Å². The zero-order chi connectivity index (χ0) is 18.0. The number of nitrogens with one attached hydrogen (secondary N) is 1. The molecule has 3 aromatic carbocycles. The van der Waals surface area contributed by atoms with Gasteiger partial charge >= 0.3 is 0 Å². The van der Waals surface area contributed by atoms with Crippen molar-refractivity contribution >= 4 is 29.1 Å². The molecule has 4 nitrogen and oxygen atoms in total. The van der Waals surface area contributed by atoms with Gasteiger partial charge in [-0.05, 0) is 36.4 Å². The first-order valence-corrected chi connectivity index (χ1v) is 10.3. The summed E-state index contributed by atoms with van der Waals surface area (Å²) in [6.45, 7) is 0. The Morgan fingerprint density at radius 1 is 0.704 bits per heavy atom. The highest BCUT2D eigenvalue weighted by Crippen LogP contribution is 2.64. The maximum absolute atomic E-state index is 12.1. The molecule has 0 saturated carbocycles. The molecule has 0 aliphatic carbocycles. The topological polar surface area (TPSA) is 79.3 Å². The number of aliphatic hydroxyl groups excluding tert-OH is 1. The van der Waals surface area contributed by atoms with Gasteiger partial charge in [0.25, 0.3) is 0 Å². The summed E-state index contributed by atoms with van der Waals surface area (Å²) in [7, 11) is -2.35. The van der Waals surface area contributed by atoms with Crippen LogP contribution in [0.3, 0.4) is 0 Å². The molecule has 0 radical (unpaired) electrons. The Labute approximate surface area is 158 Å². The van der Waals surface area contributed by atoms with Crippen LogP contribution in [-0.2, 0) is 4.79 Å². The van der Waals surface area contributed by atoms with Gasteiger partial charge in [0.2, 0.25) is 11.8 Å². The lowest BCUT2D eigenvalue weighted by Gasteiger charge is -2.27. The van der Waals surface area contributed by atoms with E-state index in [1.165, 1.54) is 0 Å². The fraction of sp³-hybridized carbons (Fsp3) is 0.0455. The monoisotopic (exact) mass is 377 g/mol. The highest BCUT2D eigenvalue weighted by molar-refractivity contribution is 7.99. The van der Waals surface area contributed by atoms with E-state index in [-0.39, 0.29) is 23.7 Å². The Morgan fingerprint density at radius 2 is 1.07 bits per heavy atom. The first-order chi connectivity index (χ1) is 12.7. The van der Waals surface area contributed by atoms with Crippen LogP contribution in [0.4, 0.5) is 0 Å². The number of amides is 1. The number of hydrogen-bond acceptors (Lipinski definition) is 3. The normalized spacial score (nSPS) is 13.9. The molecule has 0 unspecified atom stereocenters. The molecule has 0 saturated heterocycles. The minimum atomic E-state index is -2.35. The van der Waals surface area contributed by atoms with Crippen LogP contribution in [0.15, 0.2) is 102 Å². The second-order valence-corrected chi connectivity index (χ2v) is 9.63. The first kappa shape index (κ1) is 18.8. The number of rotatable bonds is 4. The molecule has 0 fully saturated rings. The minimum Gasteiger partial charge on any atom is -0.870 e. The van der Waals surface area contributed by atoms with E-state index in [1.54, 1.807) is 0 Å². The predicted octanol–water partition coefficient (Wildman–Crippen LogP) is 3.05. The van der Waals surface area contributed by atoms with Crippen LogP contribution < -0.4 is 21.2 Å². The molecular weight excluding hydrogens is 357 g/mol. The van der Waals surface area contributed by atoms with Gasteiger partial charge in [0.15, 0.2) is 5.31 Å². The quantitative estimate of drug-likeness (QED) is 0.686. The van der Waals surface area contributed by atoms with Crippen molar-refractivity contribution in [2.24, 2.45) is 0 Å². The first-order valence-electron chi connectivity index (χ1n) is 8.51. The maximum atomic E-state index is 12.1. The summed E-state index contributed by atoms with van der Waals surface area (Å²) in [6.07, 6.45) is 0.207. The van der Waals surface area contributed by atoms with E-state index in [0.29, 0.717) is 0 Å². The Kier molecular flexibility index (Phi) is 5.41. The van der Waals surface area contributed by atoms with Crippen LogP contribution in [0.2, 0.25) is 0 Å². The molecule has 3 aromatic rings. The van der Waals surface area contributed by atoms with Crippen LogP contribution in [0.5, 0.6) is 0 Å². The van der Waals surface area contributed by atoms with Crippen LogP contribution in [0.25, 0.3) is 0 Å². The highest BCUT2D eigenvalue weighted by atomic mass is 31.2. The third-order valence-corrected chi connectivity index (χ3v) is 9.09. The second kappa shape index (κ2) is 7.75. The lowest BCUT2D eigenvalue weighted by atomic mass is 10.3. The summed E-state index contributed by atoms with van der Waals surface area (Å²) >= 11 is 0. The number of carbonyl (C=O) groups excluding carboxylic acids is 1. The standard InChI is InChI=1S/C22H18NO2P.H2O/c24-21-16-20(22(25)23-21)26(17-10-4-1-5-11-17,18-12-6-2-7-13-18)19-14-8-3-9-15-19;/h1-15H,16H2,(H-,23,24,25);1H2. The molecule has 0 atom stereocenters. The van der Waals surface area contributed by atoms with E-state index in [1.807, 2.05) is 54.6 Å². The van der Waals surface area contributed by atoms with Gasteiger partial charge in [-0.2, -0.15) is 0 Å². The minimum absolute atomic E-state index is 0. The summed E-state index contributed by atoms with van der Waals surface area (Å²) in [5.74, 6) is -0.162. The van der Waals surface area contributed by atoms with Gasteiger partial charge in [-0.1, -0.05) is 54.6 Å². The van der Waals surface area contributed by atoms with Crippen molar-refractivity contribution in [3.63, 3.8) is 0 Å². The van der Waals surface area contributed by atoms with Crippen LogP contribution in [-0.4, -0.2) is 16.5 Å². The highest BCUT2D eigenvalue weighted by Gasteiger charge is 2.53. The molecule has 3 N–H and O–H groups in total. The van der Waals surface area contributed by atoms with E-state index >= 15 is 0 Å². The summed E-state index contributed by atoms with van der Waals surface area (Å²) in [4.78, 5) is 12.1. The smallest absolute Gasteiger partial charge is 0.234 e. The molecule has 27 heavy (non-hydrogen) atoms. The van der Waals surface area contributed by atoms with Crippen molar-refractivity contribution in [2.45, 2.75) is 6.42 Å². The fourth-order valence-corrected chi connectivity index (χ4v) is 8.07. The third kappa shape index (κ3) is 3.14. The van der Waals surface area contributed by atoms with Gasteiger partial charge in [0.1, 0.15) is 23.2 Å². The number of aliphatic hydroxyl groups is 1. The Morgan fingerprint density at radius 3 is 1.37 bits per heavy atom. The lowest BCUT2D eigenvalue weighted by molar-refractivity contribution is -0.119. The van der Waals surface area contributed by atoms with Gasteiger partial charge < -0.3 is 10.6 Å². The second-order valence-electron chi connectivity index (χ2n) is 6.20. The Hall–Kier alpha value is -2.94. The van der Waals surface area contributed by atoms with Crippen LogP contribution in [0, 0.1) is 0 Å². The molecule has 136 valence electrons. The van der Waals surface area contributed by atoms with Crippen molar-refractivity contribution in [3.05, 3.63) is 102 Å². The maximum Gasteiger partial charge on any atom is 0.234 e. The van der Waals surface area contributed by atoms with E-state index < -0.39 is 7.26 Å². The van der Waals surface area contributed by atoms with Crippen LogP contribution >= 0.6 is 7.26 Å². The van der Waals surface area contributed by atoms with E-state index in [2.05, 4.69) is 41.7 Å². The van der Waals surface area contributed by atoms with Crippen molar-refractivity contribution in [3.8, 4) is 0 Å². The van der Waals surface area contributed by atoms with Crippen molar-refractivity contribution < 1.29 is 15.4 Å². The zero-order valence-electron chi connectivity index (χ0n) is 14.6. The Balaban J connectivity index is 0.00000210. The van der Waals surface area contributed by atoms with Gasteiger partial charge in [0.05, 0.1) is 6.42 Å². The molecule has 1 aliphatic heterocycles. The molecule has 0 bridgehead atoms. The van der Waals surface area contributed by atoms with Gasteiger partial charge in [-0.15, -0.1) is 0 Å². The molecule has 1 amide bonds. The fourth-order valence-electron chi connectivity index (χ4n) is 3.63. The van der Waals surface area contributed by atoms with Crippen molar-refractivity contribution in [1.29, 1.82) is 0 Å². The van der Waals surface area contributed by atoms with Gasteiger partial charge in [-0.3, -0.25) is 10.1 Å². The Bertz CT molecular complexity index is 860. The molecule has 1 heterocycles. The summed E-state index contributed by atoms with van der Waals surface area (Å²) < 4.78 is 0. The predicted molar refractivity (Wildman–Crippen MR) is 109 cm³/mol. The average molecular weight is 377 g/mol. The summed E-state index contributed by atoms with van der Waals surface area (Å²) in [5.41, 5.74) is 0. The average Bonchev–Trinajstić information content (AvgIpc) is 3.03. The third-order valence-electron chi connectivity index (χ3n) is 4.69. The number of hydrogen-bond donors (Lipinski definition) is 2. The van der Waals surface area contributed by atoms with E-state index in [4.69, 9.17) is 0 Å². The molecule has 5 heteroatoms. The summed E-state index contributed by atoms with van der Waals surface area (Å²) in [6, 6.07) is 30.6. The van der Waals surface area contributed by atoms with Crippen LogP contribution in [0.1, 0.15) is 6.42 Å². The zero-order valence-corrected chi connectivity index (χ0v) is 15.5.